The van der Waals surface area contributed by atoms with Gasteiger partial charge in [0, 0.05) is 11.5 Å². The number of nitrogens with two attached hydrogens (primary N) is 1. The molecular formula is C13H19NO3. The van der Waals surface area contributed by atoms with Crippen LogP contribution < -0.4 is 10.5 Å². The van der Waals surface area contributed by atoms with Gasteiger partial charge in [0.25, 0.3) is 0 Å². The molecule has 1 aromatic rings. The minimum Gasteiger partial charge on any atom is -0.496 e. The summed E-state index contributed by atoms with van der Waals surface area (Å²) in [7, 11) is 3.00. The summed E-state index contributed by atoms with van der Waals surface area (Å²) in [5.74, 6) is 0.439. The van der Waals surface area contributed by atoms with Crippen molar-refractivity contribution in [2.24, 2.45) is 5.73 Å². The third-order valence-corrected chi connectivity index (χ3v) is 2.84. The molecule has 17 heavy (non-hydrogen) atoms. The minimum absolute atomic E-state index is 0.0707. The zero-order valence-corrected chi connectivity index (χ0v) is 10.5. The van der Waals surface area contributed by atoms with Gasteiger partial charge >= 0.3 is 5.97 Å². The molecule has 0 saturated heterocycles. The normalized spacial score (nSPS) is 12.0. The SMILES string of the molecule is COC(=O)CC(CN)c1c(C)cccc1OC. The molecule has 0 aliphatic carbocycles. The van der Waals surface area contributed by atoms with Gasteiger partial charge in [-0.25, -0.2) is 0 Å². The lowest BCUT2D eigenvalue weighted by Crippen LogP contribution is -2.19. The van der Waals surface area contributed by atoms with Crippen LogP contribution in [0.1, 0.15) is 23.5 Å². The number of hydrogen-bond donors (Lipinski definition) is 1. The van der Waals surface area contributed by atoms with Crippen LogP contribution >= 0.6 is 0 Å². The summed E-state index contributed by atoms with van der Waals surface area (Å²) in [5, 5.41) is 0. The second-order valence-corrected chi connectivity index (χ2v) is 3.90. The fraction of sp³-hybridized carbons (Fsp3) is 0.462. The van der Waals surface area contributed by atoms with Crippen LogP contribution in [0, 0.1) is 6.92 Å². The van der Waals surface area contributed by atoms with E-state index in [2.05, 4.69) is 4.74 Å². The largest absolute Gasteiger partial charge is 0.496 e. The van der Waals surface area contributed by atoms with Crippen LogP contribution in [0.4, 0.5) is 0 Å². The Morgan fingerprint density at radius 1 is 1.41 bits per heavy atom. The lowest BCUT2D eigenvalue weighted by molar-refractivity contribution is -0.141. The Bertz CT molecular complexity index is 390. The number of benzene rings is 1. The molecule has 4 nitrogen and oxygen atoms in total. The Balaban J connectivity index is 3.06. The van der Waals surface area contributed by atoms with Crippen LogP contribution in [-0.2, 0) is 9.53 Å². The third kappa shape index (κ3) is 3.20. The number of carbonyl (C=O) groups is 1. The van der Waals surface area contributed by atoms with Crippen LogP contribution in [0.3, 0.4) is 0 Å². The number of carbonyl (C=O) groups excluding carboxylic acids is 1. The van der Waals surface area contributed by atoms with E-state index >= 15 is 0 Å². The van der Waals surface area contributed by atoms with Gasteiger partial charge in [0.05, 0.1) is 20.6 Å². The molecule has 0 amide bonds. The van der Waals surface area contributed by atoms with Gasteiger partial charge in [-0.2, -0.15) is 0 Å². The summed E-state index contributed by atoms with van der Waals surface area (Å²) in [6.45, 7) is 2.37. The van der Waals surface area contributed by atoms with Gasteiger partial charge in [-0.15, -0.1) is 0 Å². The van der Waals surface area contributed by atoms with Crippen molar-refractivity contribution in [3.63, 3.8) is 0 Å². The second-order valence-electron chi connectivity index (χ2n) is 3.90. The highest BCUT2D eigenvalue weighted by Gasteiger charge is 2.20. The Hall–Kier alpha value is -1.55. The molecule has 0 spiro atoms. The van der Waals surface area contributed by atoms with E-state index in [1.165, 1.54) is 7.11 Å². The topological polar surface area (TPSA) is 61.5 Å². The van der Waals surface area contributed by atoms with E-state index in [-0.39, 0.29) is 18.3 Å². The van der Waals surface area contributed by atoms with Crippen molar-refractivity contribution in [2.75, 3.05) is 20.8 Å². The van der Waals surface area contributed by atoms with E-state index in [1.54, 1.807) is 7.11 Å². The quantitative estimate of drug-likeness (QED) is 0.790. The highest BCUT2D eigenvalue weighted by atomic mass is 16.5. The summed E-state index contributed by atoms with van der Waals surface area (Å²) < 4.78 is 10.00. The van der Waals surface area contributed by atoms with E-state index in [4.69, 9.17) is 10.5 Å². The zero-order valence-electron chi connectivity index (χ0n) is 10.5. The van der Waals surface area contributed by atoms with Crippen LogP contribution in [0.2, 0.25) is 0 Å². The number of esters is 1. The number of hydrogen-bond acceptors (Lipinski definition) is 4. The summed E-state index contributed by atoms with van der Waals surface area (Å²) in [6, 6.07) is 5.78. The van der Waals surface area contributed by atoms with E-state index in [9.17, 15) is 4.79 Å². The standard InChI is InChI=1S/C13H19NO3/c1-9-5-4-6-11(16-2)13(9)10(8-14)7-12(15)17-3/h4-6,10H,7-8,14H2,1-3H3. The van der Waals surface area contributed by atoms with Gasteiger partial charge in [-0.3, -0.25) is 4.79 Å². The van der Waals surface area contributed by atoms with Crippen molar-refractivity contribution < 1.29 is 14.3 Å². The maximum absolute atomic E-state index is 11.3. The number of ether oxygens (including phenoxy) is 2. The molecule has 2 N–H and O–H groups in total. The molecule has 1 unspecified atom stereocenters. The fourth-order valence-corrected chi connectivity index (χ4v) is 1.94. The highest BCUT2D eigenvalue weighted by molar-refractivity contribution is 5.70. The van der Waals surface area contributed by atoms with Gasteiger partial charge < -0.3 is 15.2 Å². The van der Waals surface area contributed by atoms with Gasteiger partial charge in [0.1, 0.15) is 5.75 Å². The van der Waals surface area contributed by atoms with Crippen molar-refractivity contribution in [1.29, 1.82) is 0 Å². The van der Waals surface area contributed by atoms with Crippen molar-refractivity contribution in [3.8, 4) is 5.75 Å². The van der Waals surface area contributed by atoms with Crippen molar-refractivity contribution in [2.45, 2.75) is 19.3 Å². The average molecular weight is 237 g/mol. The van der Waals surface area contributed by atoms with Crippen molar-refractivity contribution >= 4 is 5.97 Å². The van der Waals surface area contributed by atoms with E-state index in [1.807, 2.05) is 25.1 Å². The Labute approximate surface area is 102 Å². The summed E-state index contributed by atoms with van der Waals surface area (Å²) in [6.07, 6.45) is 0.272. The predicted molar refractivity (Wildman–Crippen MR) is 66.2 cm³/mol. The molecular weight excluding hydrogens is 218 g/mol. The van der Waals surface area contributed by atoms with Crippen LogP contribution in [0.25, 0.3) is 0 Å². The molecule has 1 aromatic carbocycles. The first kappa shape index (κ1) is 13.5. The lowest BCUT2D eigenvalue weighted by Gasteiger charge is -2.19. The maximum atomic E-state index is 11.3. The highest BCUT2D eigenvalue weighted by Crippen LogP contribution is 2.31. The first-order valence-corrected chi connectivity index (χ1v) is 5.54. The van der Waals surface area contributed by atoms with Gasteiger partial charge in [0.2, 0.25) is 0 Å². The van der Waals surface area contributed by atoms with E-state index < -0.39 is 0 Å². The molecule has 0 fully saturated rings. The molecule has 0 radical (unpaired) electrons. The summed E-state index contributed by atoms with van der Waals surface area (Å²) in [4.78, 5) is 11.3. The zero-order chi connectivity index (χ0) is 12.8. The van der Waals surface area contributed by atoms with E-state index in [0.29, 0.717) is 6.54 Å². The smallest absolute Gasteiger partial charge is 0.306 e. The maximum Gasteiger partial charge on any atom is 0.306 e. The van der Waals surface area contributed by atoms with E-state index in [0.717, 1.165) is 16.9 Å². The van der Waals surface area contributed by atoms with Gasteiger partial charge in [-0.05, 0) is 25.1 Å². The first-order chi connectivity index (χ1) is 8.13. The molecule has 0 heterocycles. The Morgan fingerprint density at radius 2 is 2.12 bits per heavy atom. The number of aryl methyl sites for hydroxylation is 1. The fourth-order valence-electron chi connectivity index (χ4n) is 1.94. The van der Waals surface area contributed by atoms with Gasteiger partial charge in [-0.1, -0.05) is 12.1 Å². The lowest BCUT2D eigenvalue weighted by atomic mass is 9.91. The molecule has 0 bridgehead atoms. The molecule has 0 aromatic heterocycles. The number of methoxy groups -OCH3 is 2. The van der Waals surface area contributed by atoms with Crippen LogP contribution in [0.5, 0.6) is 5.75 Å². The van der Waals surface area contributed by atoms with Crippen LogP contribution in [0.15, 0.2) is 18.2 Å². The molecule has 1 atom stereocenters. The molecule has 0 saturated carbocycles. The molecule has 1 rings (SSSR count). The van der Waals surface area contributed by atoms with Gasteiger partial charge in [0.15, 0.2) is 0 Å². The van der Waals surface area contributed by atoms with Crippen molar-refractivity contribution in [1.82, 2.24) is 0 Å². The minimum atomic E-state index is -0.259. The Morgan fingerprint density at radius 3 is 2.65 bits per heavy atom. The predicted octanol–water partition coefficient (Wildman–Crippen LogP) is 1.61. The first-order valence-electron chi connectivity index (χ1n) is 5.54. The third-order valence-electron chi connectivity index (χ3n) is 2.84. The Kier molecular flexibility index (Phi) is 4.97. The van der Waals surface area contributed by atoms with Crippen LogP contribution in [-0.4, -0.2) is 26.7 Å². The molecule has 0 aliphatic heterocycles. The summed E-state index contributed by atoms with van der Waals surface area (Å²) >= 11 is 0. The average Bonchev–Trinajstić information content (AvgIpc) is 2.35. The molecule has 94 valence electrons. The number of rotatable bonds is 5. The monoisotopic (exact) mass is 237 g/mol. The molecule has 0 aliphatic rings. The summed E-state index contributed by atoms with van der Waals surface area (Å²) in [5.41, 5.74) is 7.80. The van der Waals surface area contributed by atoms with Crippen molar-refractivity contribution in [3.05, 3.63) is 29.3 Å². The molecule has 4 heteroatoms. The second kappa shape index (κ2) is 6.25.